The van der Waals surface area contributed by atoms with Gasteiger partial charge >= 0.3 is 0 Å². The van der Waals surface area contributed by atoms with Crippen LogP contribution in [0.25, 0.3) is 0 Å². The maximum Gasteiger partial charge on any atom is 0.296 e. The molecule has 2 aromatic rings. The highest BCUT2D eigenvalue weighted by molar-refractivity contribution is 5.96. The van der Waals surface area contributed by atoms with E-state index in [9.17, 15) is 14.9 Å². The lowest BCUT2D eigenvalue weighted by Crippen LogP contribution is -2.30. The fourth-order valence-electron chi connectivity index (χ4n) is 2.19. The molecule has 1 unspecified atom stereocenters. The molecule has 0 heterocycles. The second kappa shape index (κ2) is 8.14. The summed E-state index contributed by atoms with van der Waals surface area (Å²) in [6.07, 6.45) is 0.103. The van der Waals surface area contributed by atoms with Crippen molar-refractivity contribution in [3.8, 4) is 11.5 Å². The molecule has 25 heavy (non-hydrogen) atoms. The Morgan fingerprint density at radius 1 is 1.20 bits per heavy atom. The van der Waals surface area contributed by atoms with Gasteiger partial charge in [-0.05, 0) is 43.2 Å². The molecule has 0 radical (unpaired) electrons. The average Bonchev–Trinajstić information content (AvgIpc) is 2.62. The minimum absolute atomic E-state index is 0.0904. The third kappa shape index (κ3) is 4.69. The van der Waals surface area contributed by atoms with Gasteiger partial charge in [0.1, 0.15) is 17.2 Å². The smallest absolute Gasteiger partial charge is 0.296 e. The number of anilines is 1. The van der Waals surface area contributed by atoms with Crippen molar-refractivity contribution in [2.45, 2.75) is 26.4 Å². The van der Waals surface area contributed by atoms with Gasteiger partial charge in [0.25, 0.3) is 11.6 Å². The highest BCUT2D eigenvalue weighted by Crippen LogP contribution is 2.29. The molecule has 1 atom stereocenters. The van der Waals surface area contributed by atoms with Gasteiger partial charge in [0, 0.05) is 0 Å². The molecule has 132 valence electrons. The van der Waals surface area contributed by atoms with Crippen LogP contribution in [0, 0.1) is 10.1 Å². The van der Waals surface area contributed by atoms with E-state index in [2.05, 4.69) is 5.32 Å². The Labute approximate surface area is 145 Å². The summed E-state index contributed by atoms with van der Waals surface area (Å²) in [5.74, 6) is 0.418. The number of hydrogen-bond acceptors (Lipinski definition) is 5. The van der Waals surface area contributed by atoms with Crippen LogP contribution in [0.5, 0.6) is 11.5 Å². The normalized spacial score (nSPS) is 11.5. The molecule has 0 fully saturated rings. The van der Waals surface area contributed by atoms with Crippen LogP contribution >= 0.6 is 0 Å². The molecule has 1 N–H and O–H groups in total. The van der Waals surface area contributed by atoms with Crippen molar-refractivity contribution < 1.29 is 19.2 Å². The number of hydrogen-bond donors (Lipinski definition) is 1. The highest BCUT2D eigenvalue weighted by atomic mass is 16.6. The predicted molar refractivity (Wildman–Crippen MR) is 94.2 cm³/mol. The summed E-state index contributed by atoms with van der Waals surface area (Å²) in [5.41, 5.74) is 1.01. The first-order valence-electron chi connectivity index (χ1n) is 7.83. The summed E-state index contributed by atoms with van der Waals surface area (Å²) in [5, 5.41) is 13.7. The van der Waals surface area contributed by atoms with Gasteiger partial charge < -0.3 is 14.8 Å². The Hall–Kier alpha value is -3.09. The lowest BCUT2D eigenvalue weighted by Gasteiger charge is -2.15. The lowest BCUT2D eigenvalue weighted by atomic mass is 10.2. The van der Waals surface area contributed by atoms with Crippen molar-refractivity contribution in [2.24, 2.45) is 0 Å². The standard InChI is InChI=1S/C18H20N2O5/c1-4-13-5-7-14(8-6-13)25-12(2)18(21)19-16-10-9-15(24-3)11-17(16)20(22)23/h5-12H,4H2,1-3H3,(H,19,21). The van der Waals surface area contributed by atoms with Crippen molar-refractivity contribution >= 4 is 17.3 Å². The molecule has 0 saturated heterocycles. The van der Waals surface area contributed by atoms with E-state index in [-0.39, 0.29) is 11.4 Å². The summed E-state index contributed by atoms with van der Waals surface area (Å²) < 4.78 is 10.6. The van der Waals surface area contributed by atoms with Gasteiger partial charge in [-0.3, -0.25) is 14.9 Å². The molecule has 1 amide bonds. The SMILES string of the molecule is CCc1ccc(OC(C)C(=O)Nc2ccc(OC)cc2[N+](=O)[O-])cc1. The van der Waals surface area contributed by atoms with Crippen LogP contribution in [0.3, 0.4) is 0 Å². The maximum atomic E-state index is 12.3. The molecule has 0 bridgehead atoms. The van der Waals surface area contributed by atoms with Crippen molar-refractivity contribution in [3.63, 3.8) is 0 Å². The first kappa shape index (κ1) is 18.3. The number of ether oxygens (including phenoxy) is 2. The van der Waals surface area contributed by atoms with Crippen molar-refractivity contribution in [1.82, 2.24) is 0 Å². The summed E-state index contributed by atoms with van der Waals surface area (Å²) in [6, 6.07) is 11.7. The molecule has 2 rings (SSSR count). The van der Waals surface area contributed by atoms with Crippen molar-refractivity contribution in [2.75, 3.05) is 12.4 Å². The van der Waals surface area contributed by atoms with Crippen molar-refractivity contribution in [1.29, 1.82) is 0 Å². The van der Waals surface area contributed by atoms with Gasteiger partial charge in [-0.1, -0.05) is 19.1 Å². The van der Waals surface area contributed by atoms with E-state index in [1.54, 1.807) is 19.1 Å². The lowest BCUT2D eigenvalue weighted by molar-refractivity contribution is -0.384. The third-order valence-electron chi connectivity index (χ3n) is 3.67. The number of benzene rings is 2. The minimum Gasteiger partial charge on any atom is -0.496 e. The molecule has 0 aliphatic carbocycles. The van der Waals surface area contributed by atoms with E-state index in [1.165, 1.54) is 30.9 Å². The largest absolute Gasteiger partial charge is 0.496 e. The Morgan fingerprint density at radius 2 is 1.84 bits per heavy atom. The van der Waals surface area contributed by atoms with Crippen LogP contribution in [0.1, 0.15) is 19.4 Å². The maximum absolute atomic E-state index is 12.3. The van der Waals surface area contributed by atoms with Gasteiger partial charge in [-0.2, -0.15) is 0 Å². The Kier molecular flexibility index (Phi) is 5.94. The van der Waals surface area contributed by atoms with Gasteiger partial charge in [0.15, 0.2) is 6.10 Å². The molecular formula is C18H20N2O5. The number of carbonyl (C=O) groups is 1. The Morgan fingerprint density at radius 3 is 2.40 bits per heavy atom. The second-order valence-corrected chi connectivity index (χ2v) is 5.39. The van der Waals surface area contributed by atoms with E-state index in [1.807, 2.05) is 19.1 Å². The summed E-state index contributed by atoms with van der Waals surface area (Å²) in [7, 11) is 1.41. The number of methoxy groups -OCH3 is 1. The number of rotatable bonds is 7. The number of aryl methyl sites for hydroxylation is 1. The molecule has 0 spiro atoms. The number of nitrogens with one attached hydrogen (secondary N) is 1. The summed E-state index contributed by atoms with van der Waals surface area (Å²) >= 11 is 0. The Bertz CT molecular complexity index is 759. The van der Waals surface area contributed by atoms with Crippen molar-refractivity contribution in [3.05, 3.63) is 58.1 Å². The third-order valence-corrected chi connectivity index (χ3v) is 3.67. The number of nitro groups is 1. The molecule has 7 nitrogen and oxygen atoms in total. The van der Waals surface area contributed by atoms with Gasteiger partial charge in [0.2, 0.25) is 0 Å². The molecular weight excluding hydrogens is 324 g/mol. The fraction of sp³-hybridized carbons (Fsp3) is 0.278. The van der Waals surface area contributed by atoms with Crippen LogP contribution in [0.15, 0.2) is 42.5 Å². The number of nitro benzene ring substituents is 1. The molecule has 7 heteroatoms. The van der Waals surface area contributed by atoms with Gasteiger partial charge in [0.05, 0.1) is 18.1 Å². The quantitative estimate of drug-likeness (QED) is 0.612. The first-order valence-corrected chi connectivity index (χ1v) is 7.83. The highest BCUT2D eigenvalue weighted by Gasteiger charge is 2.21. The topological polar surface area (TPSA) is 90.7 Å². The van der Waals surface area contributed by atoms with E-state index >= 15 is 0 Å². The zero-order valence-electron chi connectivity index (χ0n) is 14.3. The van der Waals surface area contributed by atoms with E-state index in [0.717, 1.165) is 6.42 Å². The van der Waals surface area contributed by atoms with Crippen LogP contribution in [-0.2, 0) is 11.2 Å². The second-order valence-electron chi connectivity index (χ2n) is 5.39. The molecule has 0 aliphatic rings. The van der Waals surface area contributed by atoms with Crippen LogP contribution in [0.4, 0.5) is 11.4 Å². The summed E-state index contributed by atoms with van der Waals surface area (Å²) in [4.78, 5) is 22.9. The molecule has 0 saturated carbocycles. The predicted octanol–water partition coefficient (Wildman–Crippen LogP) is 3.57. The average molecular weight is 344 g/mol. The fourth-order valence-corrected chi connectivity index (χ4v) is 2.19. The zero-order chi connectivity index (χ0) is 18.4. The minimum atomic E-state index is -0.811. The van der Waals surface area contributed by atoms with E-state index < -0.39 is 16.9 Å². The monoisotopic (exact) mass is 344 g/mol. The zero-order valence-corrected chi connectivity index (χ0v) is 14.3. The number of carbonyl (C=O) groups excluding carboxylic acids is 1. The van der Waals surface area contributed by atoms with E-state index in [4.69, 9.17) is 9.47 Å². The molecule has 0 aromatic heterocycles. The molecule has 0 aliphatic heterocycles. The summed E-state index contributed by atoms with van der Waals surface area (Å²) in [6.45, 7) is 3.63. The van der Waals surface area contributed by atoms with Gasteiger partial charge in [-0.15, -0.1) is 0 Å². The first-order chi connectivity index (χ1) is 11.9. The van der Waals surface area contributed by atoms with E-state index in [0.29, 0.717) is 11.5 Å². The van der Waals surface area contributed by atoms with Crippen LogP contribution < -0.4 is 14.8 Å². The Balaban J connectivity index is 2.08. The van der Waals surface area contributed by atoms with Crippen LogP contribution in [0.2, 0.25) is 0 Å². The number of nitrogens with zero attached hydrogens (tertiary/aromatic N) is 1. The van der Waals surface area contributed by atoms with Gasteiger partial charge in [-0.25, -0.2) is 0 Å². The molecule has 2 aromatic carbocycles. The van der Waals surface area contributed by atoms with Crippen LogP contribution in [-0.4, -0.2) is 24.0 Å². The number of amides is 1.